The van der Waals surface area contributed by atoms with Gasteiger partial charge in [-0.25, -0.2) is 9.97 Å². The SMILES string of the molecule is CC(C)(C)c1ccc2c(c1)-c1nc-2nc2[n-]c(nc3nc(nc4[n-]c(n1)c1ccc(C(C)(C)C)cc41)-c1ccc([N+](=O)[O-])cc1-3)c1ccc(C(C)(C)C)cc21.[Zn+2]. The smallest absolute Gasteiger partial charge is 0.357 e. The van der Waals surface area contributed by atoms with Crippen molar-refractivity contribution in [3.05, 3.63) is 99.6 Å². The molecule has 2 aliphatic rings. The summed E-state index contributed by atoms with van der Waals surface area (Å²) in [5.41, 5.74) is 7.43. The molecule has 4 aromatic carbocycles. The monoisotopic (exact) mass is 789 g/mol. The molecule has 7 aromatic rings. The van der Waals surface area contributed by atoms with Crippen LogP contribution < -0.4 is 9.97 Å². The number of fused-ring (bicyclic) bond motifs is 20. The van der Waals surface area contributed by atoms with Crippen molar-refractivity contribution in [1.29, 1.82) is 0 Å². The van der Waals surface area contributed by atoms with E-state index in [9.17, 15) is 10.1 Å². The van der Waals surface area contributed by atoms with Crippen molar-refractivity contribution < 1.29 is 24.4 Å². The topological polar surface area (TPSA) is 149 Å². The zero-order valence-corrected chi connectivity index (χ0v) is 35.9. The van der Waals surface area contributed by atoms with Crippen LogP contribution in [0.4, 0.5) is 5.69 Å². The van der Waals surface area contributed by atoms with Gasteiger partial charge in [-0.3, -0.25) is 10.1 Å². The third-order valence-electron chi connectivity index (χ3n) is 10.5. The van der Waals surface area contributed by atoms with Crippen LogP contribution in [-0.4, -0.2) is 34.8 Å². The number of nitro groups is 1. The molecule has 0 spiro atoms. The summed E-state index contributed by atoms with van der Waals surface area (Å²) in [6.07, 6.45) is 0. The van der Waals surface area contributed by atoms with E-state index in [1.54, 1.807) is 6.07 Å². The van der Waals surface area contributed by atoms with E-state index >= 15 is 0 Å². The second-order valence-electron chi connectivity index (χ2n) is 17.5. The summed E-state index contributed by atoms with van der Waals surface area (Å²) in [5.74, 6) is 1.59. The van der Waals surface area contributed by atoms with Gasteiger partial charge in [-0.05, 0) is 78.7 Å². The van der Waals surface area contributed by atoms with Crippen molar-refractivity contribution in [2.24, 2.45) is 0 Å². The second-order valence-corrected chi connectivity index (χ2v) is 17.5. The summed E-state index contributed by atoms with van der Waals surface area (Å²) in [4.78, 5) is 52.0. The van der Waals surface area contributed by atoms with Gasteiger partial charge in [-0.2, -0.15) is 0 Å². The van der Waals surface area contributed by atoms with Gasteiger partial charge in [0.05, 0.1) is 28.2 Å². The fourth-order valence-electron chi connectivity index (χ4n) is 7.16. The molecule has 0 N–H and O–H groups in total. The molecule has 0 fully saturated rings. The predicted molar refractivity (Wildman–Crippen MR) is 217 cm³/mol. The molecule has 0 saturated carbocycles. The Morgan fingerprint density at radius 2 is 0.804 bits per heavy atom. The summed E-state index contributed by atoms with van der Waals surface area (Å²) in [6.45, 7) is 19.5. The first kappa shape index (κ1) is 37.2. The van der Waals surface area contributed by atoms with Crippen molar-refractivity contribution in [3.63, 3.8) is 0 Å². The Labute approximate surface area is 336 Å². The van der Waals surface area contributed by atoms with E-state index in [0.29, 0.717) is 51.2 Å². The Balaban J connectivity index is 0.00000441. The molecule has 8 bridgehead atoms. The van der Waals surface area contributed by atoms with Crippen LogP contribution in [0, 0.1) is 10.1 Å². The molecule has 9 rings (SSSR count). The van der Waals surface area contributed by atoms with Crippen molar-refractivity contribution in [2.45, 2.75) is 78.6 Å². The molecular weight excluding hydrogens is 752 g/mol. The summed E-state index contributed by atoms with van der Waals surface area (Å²) in [6, 6.07) is 23.4. The minimum Gasteiger partial charge on any atom is -0.357 e. The van der Waals surface area contributed by atoms with E-state index in [0.717, 1.165) is 49.4 Å². The molecule has 11 nitrogen and oxygen atoms in total. The quantitative estimate of drug-likeness (QED) is 0.0893. The average Bonchev–Trinajstić information content (AvgIpc) is 3.85. The van der Waals surface area contributed by atoms with Crippen LogP contribution in [0.15, 0.2) is 72.8 Å². The van der Waals surface area contributed by atoms with Gasteiger partial charge in [0.1, 0.15) is 0 Å². The van der Waals surface area contributed by atoms with Crippen LogP contribution in [0.2, 0.25) is 0 Å². The number of aromatic nitrogens is 8. The van der Waals surface area contributed by atoms with Crippen LogP contribution in [0.1, 0.15) is 79.0 Å². The van der Waals surface area contributed by atoms with E-state index in [1.165, 1.54) is 12.1 Å². The molecule has 2 aliphatic heterocycles. The Hall–Kier alpha value is -5.74. The maximum atomic E-state index is 12.0. The Morgan fingerprint density at radius 3 is 1.23 bits per heavy atom. The first-order chi connectivity index (χ1) is 25.9. The van der Waals surface area contributed by atoms with E-state index in [4.69, 9.17) is 39.9 Å². The van der Waals surface area contributed by atoms with E-state index in [1.807, 2.05) is 12.1 Å². The maximum absolute atomic E-state index is 12.0. The summed E-state index contributed by atoms with van der Waals surface area (Å²) < 4.78 is 0. The molecule has 0 saturated heterocycles. The summed E-state index contributed by atoms with van der Waals surface area (Å²) >= 11 is 0. The fourth-order valence-corrected chi connectivity index (χ4v) is 7.16. The zero-order valence-electron chi connectivity index (χ0n) is 33.0. The molecule has 12 heteroatoms. The Morgan fingerprint density at radius 1 is 0.446 bits per heavy atom. The normalized spacial score (nSPS) is 12.7. The first-order valence-electron chi connectivity index (χ1n) is 18.4. The molecule has 0 radical (unpaired) electrons. The largest absolute Gasteiger partial charge is 2.00 e. The van der Waals surface area contributed by atoms with Crippen LogP contribution in [0.3, 0.4) is 0 Å². The predicted octanol–water partition coefficient (Wildman–Crippen LogP) is 9.93. The van der Waals surface area contributed by atoms with E-state index < -0.39 is 4.92 Å². The van der Waals surface area contributed by atoms with Gasteiger partial charge in [0.25, 0.3) is 5.69 Å². The van der Waals surface area contributed by atoms with Gasteiger partial charge >= 0.3 is 19.5 Å². The summed E-state index contributed by atoms with van der Waals surface area (Å²) in [5, 5.41) is 15.2. The molecule has 5 heterocycles. The minimum atomic E-state index is -0.423. The van der Waals surface area contributed by atoms with Crippen LogP contribution in [-0.2, 0) is 35.7 Å². The fraction of sp³-hybridized carbons (Fsp3) is 0.273. The van der Waals surface area contributed by atoms with Crippen molar-refractivity contribution in [1.82, 2.24) is 39.9 Å². The Bertz CT molecular complexity index is 2960. The van der Waals surface area contributed by atoms with Crippen molar-refractivity contribution in [3.8, 4) is 45.6 Å². The standard InChI is InChI=1S/C44H39N9O2.Zn/c1-42(2,3)22-10-14-26-30(18-22)38-45-34(26)47-39-32-20-24(44(7,8)9)12-16-28(32)36(49-39)51-41-33-21-25(53(54)55)13-17-29(33)37(52-41)50-40-31-19-23(43(4,5)6)11-15-27(31)35(46-38)48-40;/h10-21H,1-9H3;/q-2;+2. The molecule has 0 amide bonds. The number of benzene rings is 4. The molecular formula is C44H39N9O2Zn. The third kappa shape index (κ3) is 6.16. The molecule has 3 aromatic heterocycles. The number of nitrogens with zero attached hydrogens (tertiary/aromatic N) is 9. The van der Waals surface area contributed by atoms with Crippen molar-refractivity contribution in [2.75, 3.05) is 0 Å². The van der Waals surface area contributed by atoms with Gasteiger partial charge in [0.15, 0.2) is 0 Å². The molecule has 0 aliphatic carbocycles. The van der Waals surface area contributed by atoms with Gasteiger partial charge in [-0.15, -0.1) is 0 Å². The summed E-state index contributed by atoms with van der Waals surface area (Å²) in [7, 11) is 0. The molecule has 56 heavy (non-hydrogen) atoms. The van der Waals surface area contributed by atoms with E-state index in [-0.39, 0.29) is 47.2 Å². The zero-order chi connectivity index (χ0) is 38.8. The number of hydrogen-bond donors (Lipinski definition) is 0. The number of hydrogen-bond acceptors (Lipinski definition) is 8. The average molecular weight is 791 g/mol. The Kier molecular flexibility index (Phi) is 8.40. The third-order valence-corrected chi connectivity index (χ3v) is 10.5. The van der Waals surface area contributed by atoms with Gasteiger partial charge in [-0.1, -0.05) is 98.7 Å². The minimum absolute atomic E-state index is 0. The van der Waals surface area contributed by atoms with Gasteiger partial charge < -0.3 is 29.9 Å². The van der Waals surface area contributed by atoms with Crippen molar-refractivity contribution >= 4 is 49.8 Å². The van der Waals surface area contributed by atoms with Crippen LogP contribution >= 0.6 is 0 Å². The number of non-ortho nitro benzene ring substituents is 1. The molecule has 0 atom stereocenters. The van der Waals surface area contributed by atoms with Crippen LogP contribution in [0.25, 0.3) is 89.7 Å². The number of rotatable bonds is 1. The van der Waals surface area contributed by atoms with E-state index in [2.05, 4.69) is 105 Å². The maximum Gasteiger partial charge on any atom is 2.00 e. The number of nitro benzene ring substituents is 1. The van der Waals surface area contributed by atoms with Crippen LogP contribution in [0.5, 0.6) is 0 Å². The van der Waals surface area contributed by atoms with Gasteiger partial charge in [0.2, 0.25) is 0 Å². The molecule has 0 unspecified atom stereocenters. The van der Waals surface area contributed by atoms with Gasteiger partial charge in [0, 0.05) is 57.0 Å². The first-order valence-corrected chi connectivity index (χ1v) is 18.4. The second kappa shape index (κ2) is 12.6. The molecule has 274 valence electrons.